The van der Waals surface area contributed by atoms with Crippen LogP contribution in [0.2, 0.25) is 0 Å². The fourth-order valence-corrected chi connectivity index (χ4v) is 3.53. The summed E-state index contributed by atoms with van der Waals surface area (Å²) >= 11 is 1.79. The Kier molecular flexibility index (Phi) is 7.17. The molecule has 1 aromatic rings. The van der Waals surface area contributed by atoms with Crippen molar-refractivity contribution < 1.29 is 14.3 Å². The number of rotatable bonds is 6. The van der Waals surface area contributed by atoms with E-state index in [1.54, 1.807) is 16.7 Å². The van der Waals surface area contributed by atoms with E-state index in [1.807, 2.05) is 39.0 Å². The minimum Gasteiger partial charge on any atom is -0.444 e. The maximum atomic E-state index is 12.4. The summed E-state index contributed by atoms with van der Waals surface area (Å²) in [6.45, 7) is 6.69. The molecule has 0 unspecified atom stereocenters. The van der Waals surface area contributed by atoms with E-state index in [-0.39, 0.29) is 5.91 Å². The quantitative estimate of drug-likeness (QED) is 0.786. The molecule has 2 amide bonds. The molecule has 0 spiro atoms. The van der Waals surface area contributed by atoms with Crippen molar-refractivity contribution in [2.24, 2.45) is 0 Å². The van der Waals surface area contributed by atoms with Gasteiger partial charge in [-0.2, -0.15) is 11.8 Å². The molecule has 1 aliphatic rings. The number of hydrogen-bond acceptors (Lipinski definition) is 4. The van der Waals surface area contributed by atoms with Gasteiger partial charge in [-0.15, -0.1) is 0 Å². The van der Waals surface area contributed by atoms with Crippen LogP contribution in [0.1, 0.15) is 39.2 Å². The molecule has 1 atom stereocenters. The van der Waals surface area contributed by atoms with Gasteiger partial charge in [0.1, 0.15) is 11.6 Å². The number of hydrogen-bond donors (Lipinski definition) is 1. The van der Waals surface area contributed by atoms with E-state index in [0.717, 1.165) is 17.9 Å². The van der Waals surface area contributed by atoms with E-state index < -0.39 is 17.7 Å². The van der Waals surface area contributed by atoms with Crippen molar-refractivity contribution in [2.45, 2.75) is 51.0 Å². The lowest BCUT2D eigenvalue weighted by atomic mass is 10.2. The maximum absolute atomic E-state index is 12.4. The van der Waals surface area contributed by atoms with E-state index in [4.69, 9.17) is 4.74 Å². The van der Waals surface area contributed by atoms with Crippen LogP contribution >= 0.6 is 11.8 Å². The molecule has 138 valence electrons. The van der Waals surface area contributed by atoms with Crippen LogP contribution in [0.4, 0.5) is 4.79 Å². The fraction of sp³-hybridized carbons (Fsp3) is 0.579. The monoisotopic (exact) mass is 364 g/mol. The van der Waals surface area contributed by atoms with Crippen molar-refractivity contribution in [1.29, 1.82) is 0 Å². The van der Waals surface area contributed by atoms with Crippen molar-refractivity contribution in [2.75, 3.05) is 18.8 Å². The number of thioether (sulfide) groups is 1. The first-order valence-electron chi connectivity index (χ1n) is 8.76. The molecule has 25 heavy (non-hydrogen) atoms. The van der Waals surface area contributed by atoms with Crippen LogP contribution in [0, 0.1) is 0 Å². The molecular weight excluding hydrogens is 336 g/mol. The zero-order valence-electron chi connectivity index (χ0n) is 15.3. The van der Waals surface area contributed by atoms with Gasteiger partial charge in [0.05, 0.1) is 0 Å². The molecule has 2 rings (SSSR count). The average molecular weight is 365 g/mol. The summed E-state index contributed by atoms with van der Waals surface area (Å²) in [6.07, 6.45) is 1.13. The lowest BCUT2D eigenvalue weighted by Gasteiger charge is -2.28. The number of carbonyl (C=O) groups is 2. The Balaban J connectivity index is 1.71. The number of benzene rings is 1. The topological polar surface area (TPSA) is 58.6 Å². The van der Waals surface area contributed by atoms with Crippen LogP contribution in [0.5, 0.6) is 0 Å². The molecule has 0 aromatic heterocycles. The third-order valence-corrected chi connectivity index (χ3v) is 4.87. The summed E-state index contributed by atoms with van der Waals surface area (Å²) in [4.78, 5) is 26.2. The van der Waals surface area contributed by atoms with Crippen LogP contribution in [0.25, 0.3) is 0 Å². The fourth-order valence-electron chi connectivity index (χ4n) is 2.71. The molecule has 1 heterocycles. The highest BCUT2D eigenvalue weighted by Gasteiger charge is 2.36. The van der Waals surface area contributed by atoms with Gasteiger partial charge in [0.25, 0.3) is 0 Å². The third kappa shape index (κ3) is 6.61. The van der Waals surface area contributed by atoms with E-state index >= 15 is 0 Å². The minimum absolute atomic E-state index is 0.0799. The number of amides is 2. The smallest absolute Gasteiger partial charge is 0.410 e. The van der Waals surface area contributed by atoms with Gasteiger partial charge >= 0.3 is 6.09 Å². The Morgan fingerprint density at radius 1 is 1.28 bits per heavy atom. The second-order valence-electron chi connectivity index (χ2n) is 7.16. The molecule has 1 saturated heterocycles. The molecule has 1 N–H and O–H groups in total. The van der Waals surface area contributed by atoms with Crippen molar-refractivity contribution in [1.82, 2.24) is 10.2 Å². The van der Waals surface area contributed by atoms with Gasteiger partial charge < -0.3 is 10.1 Å². The Hall–Kier alpha value is -1.69. The first-order chi connectivity index (χ1) is 11.9. The molecule has 0 aliphatic carbocycles. The molecule has 1 fully saturated rings. The zero-order chi connectivity index (χ0) is 18.3. The van der Waals surface area contributed by atoms with Crippen molar-refractivity contribution in [3.63, 3.8) is 0 Å². The lowest BCUT2D eigenvalue weighted by molar-refractivity contribution is -0.125. The molecule has 1 aromatic carbocycles. The van der Waals surface area contributed by atoms with Crippen LogP contribution in [-0.2, 0) is 15.3 Å². The van der Waals surface area contributed by atoms with Gasteiger partial charge in [-0.1, -0.05) is 30.3 Å². The predicted octanol–water partition coefficient (Wildman–Crippen LogP) is 3.44. The summed E-state index contributed by atoms with van der Waals surface area (Å²) < 4.78 is 5.40. The standard InChI is InChI=1S/C19H28N2O3S/c1-19(2,3)24-18(23)21-12-7-10-16(21)17(22)20-11-13-25-14-15-8-5-4-6-9-15/h4-6,8-9,16H,7,10-14H2,1-3H3,(H,20,22)/t16-/m1/s1. The summed E-state index contributed by atoms with van der Waals surface area (Å²) in [7, 11) is 0. The SMILES string of the molecule is CC(C)(C)OC(=O)N1CCC[C@@H]1C(=O)NCCSCc1ccccc1. The first kappa shape index (κ1) is 19.6. The predicted molar refractivity (Wildman–Crippen MR) is 102 cm³/mol. The number of carbonyl (C=O) groups excluding carboxylic acids is 2. The molecule has 0 saturated carbocycles. The van der Waals surface area contributed by atoms with Gasteiger partial charge in [-0.25, -0.2) is 4.79 Å². The number of nitrogens with one attached hydrogen (secondary N) is 1. The van der Waals surface area contributed by atoms with E-state index in [0.29, 0.717) is 19.5 Å². The van der Waals surface area contributed by atoms with Crippen molar-refractivity contribution in [3.8, 4) is 0 Å². The number of nitrogens with zero attached hydrogens (tertiary/aromatic N) is 1. The Morgan fingerprint density at radius 2 is 2.00 bits per heavy atom. The van der Waals surface area contributed by atoms with Gasteiger partial charge in [-0.3, -0.25) is 9.69 Å². The molecule has 1 aliphatic heterocycles. The highest BCUT2D eigenvalue weighted by Crippen LogP contribution is 2.21. The largest absolute Gasteiger partial charge is 0.444 e. The lowest BCUT2D eigenvalue weighted by Crippen LogP contribution is -2.47. The summed E-state index contributed by atoms with van der Waals surface area (Å²) in [6, 6.07) is 9.86. The van der Waals surface area contributed by atoms with Crippen molar-refractivity contribution in [3.05, 3.63) is 35.9 Å². The van der Waals surface area contributed by atoms with Gasteiger partial charge in [0.15, 0.2) is 0 Å². The zero-order valence-corrected chi connectivity index (χ0v) is 16.1. The van der Waals surface area contributed by atoms with Crippen molar-refractivity contribution >= 4 is 23.8 Å². The first-order valence-corrected chi connectivity index (χ1v) is 9.91. The van der Waals surface area contributed by atoms with Crippen LogP contribution < -0.4 is 5.32 Å². The van der Waals surface area contributed by atoms with Crippen LogP contribution in [0.3, 0.4) is 0 Å². The normalized spacial score (nSPS) is 17.4. The average Bonchev–Trinajstić information content (AvgIpc) is 3.03. The van der Waals surface area contributed by atoms with Gasteiger partial charge in [0.2, 0.25) is 5.91 Å². The van der Waals surface area contributed by atoms with E-state index in [2.05, 4.69) is 17.4 Å². The van der Waals surface area contributed by atoms with Crippen LogP contribution in [0.15, 0.2) is 30.3 Å². The summed E-state index contributed by atoms with van der Waals surface area (Å²) in [5, 5.41) is 2.95. The molecule has 0 bridgehead atoms. The van der Waals surface area contributed by atoms with Crippen LogP contribution in [-0.4, -0.2) is 47.4 Å². The van der Waals surface area contributed by atoms with E-state index in [1.165, 1.54) is 5.56 Å². The number of ether oxygens (including phenoxy) is 1. The molecule has 6 heteroatoms. The Bertz CT molecular complexity index is 572. The minimum atomic E-state index is -0.547. The third-order valence-electron chi connectivity index (χ3n) is 3.84. The van der Waals surface area contributed by atoms with Gasteiger partial charge in [0, 0.05) is 24.6 Å². The van der Waals surface area contributed by atoms with E-state index in [9.17, 15) is 9.59 Å². The Morgan fingerprint density at radius 3 is 2.68 bits per heavy atom. The summed E-state index contributed by atoms with van der Waals surface area (Å²) in [5.41, 5.74) is 0.736. The molecule has 5 nitrogen and oxygen atoms in total. The highest BCUT2D eigenvalue weighted by molar-refractivity contribution is 7.98. The summed E-state index contributed by atoms with van der Waals surface area (Å²) in [5.74, 6) is 1.70. The second-order valence-corrected chi connectivity index (χ2v) is 8.27. The molecular formula is C19H28N2O3S. The number of likely N-dealkylation sites (tertiary alicyclic amines) is 1. The second kappa shape index (κ2) is 9.13. The Labute approximate surface area is 154 Å². The highest BCUT2D eigenvalue weighted by atomic mass is 32.2. The molecule has 0 radical (unpaired) electrons. The van der Waals surface area contributed by atoms with Gasteiger partial charge in [-0.05, 0) is 39.2 Å². The maximum Gasteiger partial charge on any atom is 0.410 e.